The van der Waals surface area contributed by atoms with Crippen LogP contribution in [-0.2, 0) is 0 Å². The molecule has 0 bridgehead atoms. The third-order valence-electron chi connectivity index (χ3n) is 2.30. The molecule has 2 aromatic rings. The Balaban J connectivity index is 2.39. The SMILES string of the molecule is CNc1ccc(-c2sccc2C)cc1. The maximum absolute atomic E-state index is 3.12. The highest BCUT2D eigenvalue weighted by Gasteiger charge is 2.02. The number of rotatable bonds is 2. The van der Waals surface area contributed by atoms with E-state index in [0.29, 0.717) is 0 Å². The largest absolute Gasteiger partial charge is 0.388 e. The van der Waals surface area contributed by atoms with Crippen molar-refractivity contribution in [2.45, 2.75) is 6.92 Å². The zero-order valence-corrected chi connectivity index (χ0v) is 9.19. The Morgan fingerprint density at radius 1 is 1.07 bits per heavy atom. The third-order valence-corrected chi connectivity index (χ3v) is 3.36. The van der Waals surface area contributed by atoms with Crippen LogP contribution in [0.5, 0.6) is 0 Å². The monoisotopic (exact) mass is 203 g/mol. The van der Waals surface area contributed by atoms with Crippen molar-refractivity contribution in [3.8, 4) is 10.4 Å². The van der Waals surface area contributed by atoms with Crippen LogP contribution in [0.4, 0.5) is 5.69 Å². The Hall–Kier alpha value is -1.28. The lowest BCUT2D eigenvalue weighted by atomic mass is 10.1. The van der Waals surface area contributed by atoms with E-state index in [1.165, 1.54) is 16.0 Å². The maximum Gasteiger partial charge on any atom is 0.0371 e. The van der Waals surface area contributed by atoms with Gasteiger partial charge in [0.05, 0.1) is 0 Å². The van der Waals surface area contributed by atoms with Gasteiger partial charge in [-0.25, -0.2) is 0 Å². The Labute approximate surface area is 88.4 Å². The van der Waals surface area contributed by atoms with Crippen molar-refractivity contribution in [1.82, 2.24) is 0 Å². The van der Waals surface area contributed by atoms with Crippen molar-refractivity contribution in [2.75, 3.05) is 12.4 Å². The summed E-state index contributed by atoms with van der Waals surface area (Å²) in [5, 5.41) is 5.25. The van der Waals surface area contributed by atoms with Crippen molar-refractivity contribution >= 4 is 17.0 Å². The number of nitrogens with one attached hydrogen (secondary N) is 1. The molecule has 0 spiro atoms. The van der Waals surface area contributed by atoms with E-state index in [9.17, 15) is 0 Å². The van der Waals surface area contributed by atoms with Crippen LogP contribution in [0.15, 0.2) is 35.7 Å². The quantitative estimate of drug-likeness (QED) is 0.783. The van der Waals surface area contributed by atoms with Gasteiger partial charge in [-0.15, -0.1) is 11.3 Å². The number of benzene rings is 1. The Bertz CT molecular complexity index is 414. The van der Waals surface area contributed by atoms with Crippen molar-refractivity contribution in [3.05, 3.63) is 41.3 Å². The first-order chi connectivity index (χ1) is 6.81. The molecule has 0 unspecified atom stereocenters. The Morgan fingerprint density at radius 3 is 2.29 bits per heavy atom. The maximum atomic E-state index is 3.12. The minimum absolute atomic E-state index is 1.16. The first-order valence-corrected chi connectivity index (χ1v) is 5.51. The van der Waals surface area contributed by atoms with Crippen LogP contribution in [-0.4, -0.2) is 7.05 Å². The standard InChI is InChI=1S/C12H13NS/c1-9-7-8-14-12(9)10-3-5-11(13-2)6-4-10/h3-8,13H,1-2H3. The van der Waals surface area contributed by atoms with Gasteiger partial charge in [0.1, 0.15) is 0 Å². The van der Waals surface area contributed by atoms with Crippen molar-refractivity contribution < 1.29 is 0 Å². The highest BCUT2D eigenvalue weighted by Crippen LogP contribution is 2.29. The van der Waals surface area contributed by atoms with Crippen molar-refractivity contribution in [1.29, 1.82) is 0 Å². The van der Waals surface area contributed by atoms with Crippen LogP contribution in [0.2, 0.25) is 0 Å². The van der Waals surface area contributed by atoms with Gasteiger partial charge in [0, 0.05) is 17.6 Å². The van der Waals surface area contributed by atoms with E-state index in [4.69, 9.17) is 0 Å². The molecule has 1 heterocycles. The molecule has 2 rings (SSSR count). The minimum atomic E-state index is 1.16. The van der Waals surface area contributed by atoms with Crippen LogP contribution in [0, 0.1) is 6.92 Å². The lowest BCUT2D eigenvalue weighted by molar-refractivity contribution is 1.50. The second kappa shape index (κ2) is 3.84. The number of aryl methyl sites for hydroxylation is 1. The van der Waals surface area contributed by atoms with Gasteiger partial charge in [-0.3, -0.25) is 0 Å². The van der Waals surface area contributed by atoms with Gasteiger partial charge in [0.15, 0.2) is 0 Å². The van der Waals surface area contributed by atoms with Crippen LogP contribution in [0.3, 0.4) is 0 Å². The first-order valence-electron chi connectivity index (χ1n) is 4.63. The molecule has 2 heteroatoms. The summed E-state index contributed by atoms with van der Waals surface area (Å²) in [6, 6.07) is 10.7. The molecule has 0 amide bonds. The molecule has 1 aromatic carbocycles. The number of thiophene rings is 1. The first kappa shape index (κ1) is 9.28. The lowest BCUT2D eigenvalue weighted by Gasteiger charge is -2.02. The van der Waals surface area contributed by atoms with Gasteiger partial charge in [0.25, 0.3) is 0 Å². The van der Waals surface area contributed by atoms with Crippen LogP contribution in [0.25, 0.3) is 10.4 Å². The summed E-state index contributed by atoms with van der Waals surface area (Å²) in [5.41, 5.74) is 3.81. The average molecular weight is 203 g/mol. The number of anilines is 1. The highest BCUT2D eigenvalue weighted by molar-refractivity contribution is 7.13. The van der Waals surface area contributed by atoms with E-state index in [1.54, 1.807) is 11.3 Å². The molecule has 0 radical (unpaired) electrons. The predicted molar refractivity (Wildman–Crippen MR) is 64.0 cm³/mol. The Morgan fingerprint density at radius 2 is 1.79 bits per heavy atom. The summed E-state index contributed by atoms with van der Waals surface area (Å²) in [6.45, 7) is 2.15. The molecule has 1 N–H and O–H groups in total. The average Bonchev–Trinajstić information content (AvgIpc) is 2.65. The smallest absolute Gasteiger partial charge is 0.0371 e. The molecule has 1 nitrogen and oxygen atoms in total. The van der Waals surface area contributed by atoms with Crippen LogP contribution in [0.1, 0.15) is 5.56 Å². The summed E-state index contributed by atoms with van der Waals surface area (Å²) >= 11 is 1.80. The fourth-order valence-electron chi connectivity index (χ4n) is 1.46. The summed E-state index contributed by atoms with van der Waals surface area (Å²) in [7, 11) is 1.94. The summed E-state index contributed by atoms with van der Waals surface area (Å²) in [4.78, 5) is 1.37. The number of hydrogen-bond acceptors (Lipinski definition) is 2. The normalized spacial score (nSPS) is 10.1. The summed E-state index contributed by atoms with van der Waals surface area (Å²) in [5.74, 6) is 0. The molecule has 72 valence electrons. The van der Waals surface area contributed by atoms with Gasteiger partial charge in [0.2, 0.25) is 0 Å². The molecular weight excluding hydrogens is 190 g/mol. The Kier molecular flexibility index (Phi) is 2.55. The molecule has 14 heavy (non-hydrogen) atoms. The molecule has 0 aliphatic heterocycles. The highest BCUT2D eigenvalue weighted by atomic mass is 32.1. The third kappa shape index (κ3) is 1.66. The van der Waals surface area contributed by atoms with Crippen molar-refractivity contribution in [2.24, 2.45) is 0 Å². The molecule has 0 atom stereocenters. The fourth-order valence-corrected chi connectivity index (χ4v) is 2.39. The second-order valence-electron chi connectivity index (χ2n) is 3.26. The van der Waals surface area contributed by atoms with E-state index in [1.807, 2.05) is 7.05 Å². The van der Waals surface area contributed by atoms with E-state index in [2.05, 4.69) is 48.0 Å². The van der Waals surface area contributed by atoms with Crippen molar-refractivity contribution in [3.63, 3.8) is 0 Å². The van der Waals surface area contributed by atoms with Gasteiger partial charge in [-0.2, -0.15) is 0 Å². The van der Waals surface area contributed by atoms with Gasteiger partial charge >= 0.3 is 0 Å². The fraction of sp³-hybridized carbons (Fsp3) is 0.167. The molecule has 0 fully saturated rings. The topological polar surface area (TPSA) is 12.0 Å². The second-order valence-corrected chi connectivity index (χ2v) is 4.18. The molecule has 0 aliphatic carbocycles. The van der Waals surface area contributed by atoms with E-state index >= 15 is 0 Å². The van der Waals surface area contributed by atoms with E-state index in [-0.39, 0.29) is 0 Å². The lowest BCUT2D eigenvalue weighted by Crippen LogP contribution is -1.86. The molecule has 0 saturated heterocycles. The molecular formula is C12H13NS. The van der Waals surface area contributed by atoms with Gasteiger partial charge < -0.3 is 5.32 Å². The minimum Gasteiger partial charge on any atom is -0.388 e. The predicted octanol–water partition coefficient (Wildman–Crippen LogP) is 3.77. The number of hydrogen-bond donors (Lipinski definition) is 1. The molecule has 0 saturated carbocycles. The van der Waals surface area contributed by atoms with Crippen LogP contribution >= 0.6 is 11.3 Å². The van der Waals surface area contributed by atoms with E-state index < -0.39 is 0 Å². The zero-order chi connectivity index (χ0) is 9.97. The summed E-state index contributed by atoms with van der Waals surface area (Å²) in [6.07, 6.45) is 0. The zero-order valence-electron chi connectivity index (χ0n) is 8.37. The van der Waals surface area contributed by atoms with Gasteiger partial charge in [-0.1, -0.05) is 12.1 Å². The van der Waals surface area contributed by atoms with E-state index in [0.717, 1.165) is 5.69 Å². The molecule has 1 aromatic heterocycles. The van der Waals surface area contributed by atoms with Gasteiger partial charge in [-0.05, 0) is 41.6 Å². The van der Waals surface area contributed by atoms with Crippen LogP contribution < -0.4 is 5.32 Å². The molecule has 0 aliphatic rings. The summed E-state index contributed by atoms with van der Waals surface area (Å²) < 4.78 is 0.